The number of pyridine rings is 1. The van der Waals surface area contributed by atoms with E-state index in [2.05, 4.69) is 10.1 Å². The van der Waals surface area contributed by atoms with Crippen LogP contribution in [-0.4, -0.2) is 50.5 Å². The minimum Gasteiger partial charge on any atom is -0.444 e. The number of carbonyl (C=O) groups excluding carboxylic acids is 1. The topological polar surface area (TPSA) is 153 Å². The van der Waals surface area contributed by atoms with Crippen LogP contribution in [0.15, 0.2) is 28.2 Å². The predicted molar refractivity (Wildman–Crippen MR) is 119 cm³/mol. The van der Waals surface area contributed by atoms with Crippen molar-refractivity contribution in [3.63, 3.8) is 0 Å². The van der Waals surface area contributed by atoms with Gasteiger partial charge in [-0.05, 0) is 53.0 Å². The number of nitrogens with zero attached hydrogens (tertiary/aromatic N) is 4. The number of H-pyrrole nitrogens is 1. The second kappa shape index (κ2) is 9.93. The highest BCUT2D eigenvalue weighted by atomic mass is 16.6. The Hall–Kier alpha value is -3.61. The molecule has 10 nitrogen and oxygen atoms in total. The zero-order chi connectivity index (χ0) is 23.2. The van der Waals surface area contributed by atoms with Crippen LogP contribution in [0.3, 0.4) is 0 Å². The van der Waals surface area contributed by atoms with E-state index in [4.69, 9.17) is 21.3 Å². The van der Waals surface area contributed by atoms with Crippen molar-refractivity contribution in [1.29, 1.82) is 10.7 Å². The predicted octanol–water partition coefficient (Wildman–Crippen LogP) is 2.61. The van der Waals surface area contributed by atoms with Gasteiger partial charge in [0.15, 0.2) is 0 Å². The fourth-order valence-electron chi connectivity index (χ4n) is 3.14. The summed E-state index contributed by atoms with van der Waals surface area (Å²) in [6, 6.07) is 4.82. The molecule has 1 fully saturated rings. The Kier molecular flexibility index (Phi) is 7.58. The van der Waals surface area contributed by atoms with Gasteiger partial charge < -0.3 is 25.9 Å². The second-order valence-corrected chi connectivity index (χ2v) is 8.22. The molecule has 0 unspecified atom stereocenters. The van der Waals surface area contributed by atoms with Gasteiger partial charge in [-0.2, -0.15) is 10.4 Å². The van der Waals surface area contributed by atoms with Crippen LogP contribution in [0.5, 0.6) is 0 Å². The molecule has 1 saturated heterocycles. The molecule has 4 N–H and O–H groups in total. The fraction of sp³-hybridized carbons (Fsp3) is 0.476. The number of nitriles is 1. The third-order valence-corrected chi connectivity index (χ3v) is 4.51. The molecule has 0 aromatic carbocycles. The van der Waals surface area contributed by atoms with Crippen LogP contribution in [0.4, 0.5) is 4.79 Å². The van der Waals surface area contributed by atoms with E-state index in [-0.39, 0.29) is 34.4 Å². The maximum atomic E-state index is 11.9. The first-order valence-corrected chi connectivity index (χ1v) is 10.0. The molecular formula is C21H29N7O3. The third kappa shape index (κ3) is 6.18. The zero-order valence-corrected chi connectivity index (χ0v) is 18.4. The molecule has 166 valence electrons. The lowest BCUT2D eigenvalue weighted by Gasteiger charge is -2.29. The SMILES string of the molecule is CC(=N)/C(=N\N)c1cc(=O)n2c(C#N)c[nH]c2c1.CC(C)(C)OC(=O)N1CCCCC1. The Bertz CT molecular complexity index is 1080. The number of rotatable bonds is 2. The van der Waals surface area contributed by atoms with E-state index in [0.29, 0.717) is 11.2 Å². The van der Waals surface area contributed by atoms with Gasteiger partial charge in [0.1, 0.15) is 28.7 Å². The van der Waals surface area contributed by atoms with Crippen LogP contribution in [0.1, 0.15) is 58.2 Å². The van der Waals surface area contributed by atoms with Crippen molar-refractivity contribution in [3.8, 4) is 6.07 Å². The summed E-state index contributed by atoms with van der Waals surface area (Å²) >= 11 is 0. The Labute approximate surface area is 180 Å². The van der Waals surface area contributed by atoms with Gasteiger partial charge in [0, 0.05) is 30.9 Å². The lowest BCUT2D eigenvalue weighted by atomic mass is 10.1. The summed E-state index contributed by atoms with van der Waals surface area (Å²) in [5.74, 6) is 5.21. The lowest BCUT2D eigenvalue weighted by molar-refractivity contribution is 0.0216. The molecule has 0 saturated carbocycles. The van der Waals surface area contributed by atoms with Crippen molar-refractivity contribution >= 4 is 23.2 Å². The average molecular weight is 428 g/mol. The first kappa shape index (κ1) is 23.7. The minimum absolute atomic E-state index is 0.160. The first-order valence-electron chi connectivity index (χ1n) is 10.0. The summed E-state index contributed by atoms with van der Waals surface area (Å²) in [7, 11) is 0. The maximum absolute atomic E-state index is 11.9. The summed E-state index contributed by atoms with van der Waals surface area (Å²) in [4.78, 5) is 28.0. The Morgan fingerprint density at radius 2 is 1.94 bits per heavy atom. The normalized spacial score (nSPS) is 14.4. The monoisotopic (exact) mass is 427 g/mol. The number of nitrogens with two attached hydrogens (primary N) is 1. The molecule has 1 aliphatic heterocycles. The molecule has 0 aliphatic carbocycles. The highest BCUT2D eigenvalue weighted by Crippen LogP contribution is 2.14. The summed E-state index contributed by atoms with van der Waals surface area (Å²) in [5.41, 5.74) is 0.782. The highest BCUT2D eigenvalue weighted by molar-refractivity contribution is 6.46. The molecule has 3 rings (SSSR count). The van der Waals surface area contributed by atoms with E-state index in [1.54, 1.807) is 11.0 Å². The van der Waals surface area contributed by atoms with Crippen LogP contribution in [0, 0.1) is 16.7 Å². The largest absolute Gasteiger partial charge is 0.444 e. The van der Waals surface area contributed by atoms with Crippen molar-refractivity contribution < 1.29 is 9.53 Å². The Morgan fingerprint density at radius 3 is 2.45 bits per heavy atom. The standard InChI is InChI=1S/C11H10N6O.C10H19NO2/c1-6(13)11(16-14)7-2-9-15-5-8(4-12)17(9)10(18)3-7;1-10(2,3)13-9(12)11-7-5-4-6-8-11/h2-3,5,13,15H,14H2,1H3;4-8H2,1-3H3/b13-6?,16-11+;. The van der Waals surface area contributed by atoms with Gasteiger partial charge in [0.2, 0.25) is 0 Å². The van der Waals surface area contributed by atoms with Gasteiger partial charge in [-0.3, -0.25) is 9.20 Å². The number of ether oxygens (including phenoxy) is 1. The number of fused-ring (bicyclic) bond motifs is 1. The molecule has 31 heavy (non-hydrogen) atoms. The fourth-order valence-corrected chi connectivity index (χ4v) is 3.14. The van der Waals surface area contributed by atoms with Crippen molar-refractivity contribution in [3.05, 3.63) is 39.9 Å². The molecule has 0 spiro atoms. The number of hydrogen-bond acceptors (Lipinski definition) is 7. The third-order valence-electron chi connectivity index (χ3n) is 4.51. The summed E-state index contributed by atoms with van der Waals surface area (Å²) in [6.07, 6.45) is 4.74. The Balaban J connectivity index is 0.000000233. The quantitative estimate of drug-likeness (QED) is 0.382. The molecule has 2 aromatic rings. The van der Waals surface area contributed by atoms with Crippen molar-refractivity contribution in [1.82, 2.24) is 14.3 Å². The summed E-state index contributed by atoms with van der Waals surface area (Å²) < 4.78 is 6.51. The average Bonchev–Trinajstić information content (AvgIpc) is 3.12. The van der Waals surface area contributed by atoms with E-state index in [9.17, 15) is 9.59 Å². The minimum atomic E-state index is -0.372. The van der Waals surface area contributed by atoms with E-state index in [1.807, 2.05) is 26.8 Å². The molecule has 1 amide bonds. The summed E-state index contributed by atoms with van der Waals surface area (Å²) in [5, 5.41) is 19.9. The Morgan fingerprint density at radius 1 is 1.29 bits per heavy atom. The van der Waals surface area contributed by atoms with Crippen LogP contribution >= 0.6 is 0 Å². The van der Waals surface area contributed by atoms with Gasteiger partial charge in [0.25, 0.3) is 5.56 Å². The molecule has 1 aliphatic rings. The molecule has 10 heteroatoms. The molecule has 0 bridgehead atoms. The van der Waals surface area contributed by atoms with E-state index in [1.165, 1.54) is 30.0 Å². The van der Waals surface area contributed by atoms with Gasteiger partial charge in [-0.15, -0.1) is 0 Å². The molecule has 0 radical (unpaired) electrons. The van der Waals surface area contributed by atoms with Crippen LogP contribution in [0.2, 0.25) is 0 Å². The van der Waals surface area contributed by atoms with E-state index >= 15 is 0 Å². The zero-order valence-electron chi connectivity index (χ0n) is 18.4. The number of hydrogen-bond donors (Lipinski definition) is 3. The van der Waals surface area contributed by atoms with E-state index < -0.39 is 0 Å². The number of nitrogens with one attached hydrogen (secondary N) is 2. The molecule has 3 heterocycles. The van der Waals surface area contributed by atoms with Crippen LogP contribution < -0.4 is 11.4 Å². The number of aromatic amines is 1. The molecule has 2 aromatic heterocycles. The highest BCUT2D eigenvalue weighted by Gasteiger charge is 2.22. The number of imidazole rings is 1. The number of piperidine rings is 1. The second-order valence-electron chi connectivity index (χ2n) is 8.22. The first-order chi connectivity index (χ1) is 14.6. The number of amides is 1. The number of hydrazone groups is 1. The van der Waals surface area contributed by atoms with Gasteiger partial charge in [-0.25, -0.2) is 4.79 Å². The lowest BCUT2D eigenvalue weighted by Crippen LogP contribution is -2.39. The van der Waals surface area contributed by atoms with Crippen molar-refractivity contribution in [2.45, 2.75) is 52.6 Å². The van der Waals surface area contributed by atoms with Crippen molar-refractivity contribution in [2.24, 2.45) is 10.9 Å². The van der Waals surface area contributed by atoms with Gasteiger partial charge >= 0.3 is 6.09 Å². The molecular weight excluding hydrogens is 398 g/mol. The van der Waals surface area contributed by atoms with Crippen molar-refractivity contribution in [2.75, 3.05) is 13.1 Å². The number of aromatic nitrogens is 2. The van der Waals surface area contributed by atoms with Gasteiger partial charge in [-0.1, -0.05) is 0 Å². The van der Waals surface area contributed by atoms with Crippen LogP contribution in [0.25, 0.3) is 5.65 Å². The number of likely N-dealkylation sites (tertiary alicyclic amines) is 1. The summed E-state index contributed by atoms with van der Waals surface area (Å²) in [6.45, 7) is 8.94. The van der Waals surface area contributed by atoms with Crippen LogP contribution in [-0.2, 0) is 4.74 Å². The smallest absolute Gasteiger partial charge is 0.410 e. The maximum Gasteiger partial charge on any atom is 0.410 e. The van der Waals surface area contributed by atoms with Gasteiger partial charge in [0.05, 0.1) is 5.71 Å². The van der Waals surface area contributed by atoms with E-state index in [0.717, 1.165) is 25.9 Å². The molecule has 0 atom stereocenters. The number of carbonyl (C=O) groups is 1.